The number of nitrogens with one attached hydrogen (secondary N) is 1. The number of halogens is 5. The number of sulfone groups is 2. The molecule has 0 aliphatic carbocycles. The zero-order valence-corrected chi connectivity index (χ0v) is 36.4. The number of hydrogen-bond acceptors (Lipinski definition) is 14. The minimum absolute atomic E-state index is 0.0133. The van der Waals surface area contributed by atoms with E-state index >= 15 is 0 Å². The maximum atomic E-state index is 12.5. The molecule has 2 saturated heterocycles. The number of carboxylic acid groups (broad SMARTS) is 1. The Balaban J connectivity index is 0.000000346. The second-order valence-corrected chi connectivity index (χ2v) is 21.2. The fourth-order valence-corrected chi connectivity index (χ4v) is 8.94. The maximum absolute atomic E-state index is 12.5. The van der Waals surface area contributed by atoms with Gasteiger partial charge in [-0.1, -0.05) is 3.89 Å². The average Bonchev–Trinajstić information content (AvgIpc) is 3.10. The van der Waals surface area contributed by atoms with Crippen LogP contribution in [0.1, 0.15) is 67.2 Å². The third-order valence-electron chi connectivity index (χ3n) is 8.39. The van der Waals surface area contributed by atoms with Crippen molar-refractivity contribution >= 4 is 48.1 Å². The molecule has 346 valence electrons. The molecule has 0 aromatic carbocycles. The summed E-state index contributed by atoms with van der Waals surface area (Å²) in [6.45, 7) is 9.61. The van der Waals surface area contributed by atoms with Crippen molar-refractivity contribution in [1.29, 1.82) is 0 Å². The van der Waals surface area contributed by atoms with E-state index in [-0.39, 0.29) is 50.7 Å². The molecule has 2 aliphatic heterocycles. The molecule has 4 rings (SSSR count). The van der Waals surface area contributed by atoms with Gasteiger partial charge in [0.1, 0.15) is 11.2 Å². The SMILES string of the molecule is CC(C)(C)OC(=O)N1CCC(CS(=O)(=O)c2ccc(=O)[nH]c2)CC1.CC(C)(C)OC(=O)N1CCC(CS(=O)(=O)c2ccc(OC(F)F)nc2)CC1.O=C(O)C(F)(F)S(=O)(=O)F. The molecule has 2 N–H and O–H groups in total. The summed E-state index contributed by atoms with van der Waals surface area (Å²) in [6.07, 6.45) is 3.80. The Morgan fingerprint density at radius 3 is 1.48 bits per heavy atom. The molecule has 4 heterocycles. The molecule has 2 aromatic rings. The highest BCUT2D eigenvalue weighted by Gasteiger charge is 2.54. The minimum Gasteiger partial charge on any atom is -0.476 e. The molecule has 0 spiro atoms. The Labute approximate surface area is 349 Å². The van der Waals surface area contributed by atoms with E-state index in [0.717, 1.165) is 12.3 Å². The number of rotatable bonds is 10. The van der Waals surface area contributed by atoms with Crippen LogP contribution in [-0.2, 0) is 44.2 Å². The number of nitrogens with zero attached hydrogens (tertiary/aromatic N) is 3. The standard InChI is InChI=1S/C17H24F2N2O5S.C16H24N2O5S.C2HF3O4S/c1-17(2,3)26-16(22)21-8-6-12(7-9-21)11-27(23,24)13-4-5-14(20-10-13)25-15(18)19;1-16(2,3)23-15(20)18-8-6-12(7-9-18)11-24(21,22)13-4-5-14(19)17-10-13;3-2(4,1(6)7)10(5,8)9/h4-5,10,12,15H,6-9,11H2,1-3H3;4-5,10,12H,6-9,11H2,1-3H3,(H,17,19);(H,6,7). The van der Waals surface area contributed by atoms with Crippen LogP contribution in [0, 0.1) is 11.8 Å². The number of pyridine rings is 2. The van der Waals surface area contributed by atoms with Crippen LogP contribution in [0.25, 0.3) is 0 Å². The lowest BCUT2D eigenvalue weighted by Crippen LogP contribution is -2.42. The number of likely N-dealkylation sites (tertiary alicyclic amines) is 2. The number of alkyl halides is 4. The molecule has 0 radical (unpaired) electrons. The summed E-state index contributed by atoms with van der Waals surface area (Å²) < 4.78 is 142. The fourth-order valence-electron chi connectivity index (χ4n) is 5.44. The van der Waals surface area contributed by atoms with Crippen molar-refractivity contribution in [2.75, 3.05) is 37.7 Å². The number of carbonyl (C=O) groups excluding carboxylic acids is 2. The van der Waals surface area contributed by atoms with Crippen LogP contribution in [0.3, 0.4) is 0 Å². The van der Waals surface area contributed by atoms with E-state index in [1.54, 1.807) is 30.6 Å². The van der Waals surface area contributed by atoms with Gasteiger partial charge in [0.05, 0.1) is 21.3 Å². The van der Waals surface area contributed by atoms with Crippen molar-refractivity contribution in [3.63, 3.8) is 0 Å². The van der Waals surface area contributed by atoms with Gasteiger partial charge in [-0.25, -0.2) is 36.2 Å². The van der Waals surface area contributed by atoms with Gasteiger partial charge >= 0.3 is 40.2 Å². The van der Waals surface area contributed by atoms with E-state index in [2.05, 4.69) is 14.7 Å². The molecular weight excluding hydrogens is 892 g/mol. The van der Waals surface area contributed by atoms with Gasteiger partial charge in [-0.15, -0.1) is 0 Å². The van der Waals surface area contributed by atoms with Crippen LogP contribution in [0.5, 0.6) is 5.88 Å². The van der Waals surface area contributed by atoms with Gasteiger partial charge in [-0.05, 0) is 91.2 Å². The van der Waals surface area contributed by atoms with E-state index in [1.807, 2.05) is 20.8 Å². The highest BCUT2D eigenvalue weighted by Crippen LogP contribution is 2.26. The number of H-pyrrole nitrogens is 1. The summed E-state index contributed by atoms with van der Waals surface area (Å²) >= 11 is 0. The maximum Gasteiger partial charge on any atom is 0.470 e. The van der Waals surface area contributed by atoms with Crippen LogP contribution in [0.4, 0.5) is 31.0 Å². The van der Waals surface area contributed by atoms with Crippen LogP contribution in [-0.4, -0.2) is 129 Å². The molecule has 2 fully saturated rings. The first-order chi connectivity index (χ1) is 27.7. The third kappa shape index (κ3) is 17.7. The molecular formula is C35H49F5N4O14S3. The molecule has 0 bridgehead atoms. The molecule has 0 atom stereocenters. The van der Waals surface area contributed by atoms with E-state index in [1.165, 1.54) is 24.4 Å². The number of aromatic nitrogens is 2. The molecule has 2 amide bonds. The van der Waals surface area contributed by atoms with Gasteiger partial charge in [-0.2, -0.15) is 26.0 Å². The summed E-state index contributed by atoms with van der Waals surface area (Å²) in [5.74, 6) is -3.57. The summed E-state index contributed by atoms with van der Waals surface area (Å²) in [5, 5.41) is 2.07. The highest BCUT2D eigenvalue weighted by molar-refractivity contribution is 7.91. The summed E-state index contributed by atoms with van der Waals surface area (Å²) in [5.41, 5.74) is -1.45. The van der Waals surface area contributed by atoms with Gasteiger partial charge in [0.15, 0.2) is 19.7 Å². The number of carbonyl (C=O) groups is 3. The van der Waals surface area contributed by atoms with E-state index in [4.69, 9.17) is 14.6 Å². The Hall–Kier alpha value is -4.59. The number of aliphatic carboxylic acids is 1. The lowest BCUT2D eigenvalue weighted by molar-refractivity contribution is -0.154. The van der Waals surface area contributed by atoms with Crippen LogP contribution in [0.2, 0.25) is 0 Å². The summed E-state index contributed by atoms with van der Waals surface area (Å²) in [7, 11) is -13.4. The molecule has 2 aliphatic rings. The van der Waals surface area contributed by atoms with Crippen molar-refractivity contribution in [2.45, 2.75) is 100 Å². The zero-order chi connectivity index (χ0) is 46.8. The van der Waals surface area contributed by atoms with Gasteiger partial charge in [0.2, 0.25) is 11.4 Å². The van der Waals surface area contributed by atoms with Crippen LogP contribution < -0.4 is 10.3 Å². The lowest BCUT2D eigenvalue weighted by atomic mass is 9.99. The second kappa shape index (κ2) is 21.0. The molecule has 0 saturated carbocycles. The van der Waals surface area contributed by atoms with Crippen molar-refractivity contribution in [3.05, 3.63) is 47.0 Å². The Morgan fingerprint density at radius 2 is 1.18 bits per heavy atom. The van der Waals surface area contributed by atoms with Crippen molar-refractivity contribution in [3.8, 4) is 5.88 Å². The lowest BCUT2D eigenvalue weighted by Gasteiger charge is -2.33. The van der Waals surface area contributed by atoms with Crippen LogP contribution in [0.15, 0.2) is 51.2 Å². The first kappa shape index (κ1) is 52.5. The second-order valence-electron chi connectivity index (χ2n) is 15.7. The molecule has 61 heavy (non-hydrogen) atoms. The van der Waals surface area contributed by atoms with Gasteiger partial charge in [-0.3, -0.25) is 4.79 Å². The van der Waals surface area contributed by atoms with Gasteiger partial charge < -0.3 is 34.1 Å². The number of carboxylic acids is 1. The highest BCUT2D eigenvalue weighted by atomic mass is 32.3. The van der Waals surface area contributed by atoms with Gasteiger partial charge in [0.25, 0.3) is 0 Å². The smallest absolute Gasteiger partial charge is 0.470 e. The average molecular weight is 941 g/mol. The monoisotopic (exact) mass is 940 g/mol. The summed E-state index contributed by atoms with van der Waals surface area (Å²) in [6, 6.07) is 4.84. The number of piperidine rings is 2. The minimum atomic E-state index is -6.33. The topological polar surface area (TPSA) is 254 Å². The molecule has 26 heteroatoms. The number of hydrogen-bond donors (Lipinski definition) is 2. The molecule has 0 unspecified atom stereocenters. The molecule has 2 aromatic heterocycles. The quantitative estimate of drug-likeness (QED) is 0.238. The Morgan fingerprint density at radius 1 is 0.770 bits per heavy atom. The zero-order valence-electron chi connectivity index (χ0n) is 34.0. The van der Waals surface area contributed by atoms with E-state index < -0.39 is 65.0 Å². The van der Waals surface area contributed by atoms with E-state index in [9.17, 15) is 65.9 Å². The van der Waals surface area contributed by atoms with Crippen molar-refractivity contribution in [1.82, 2.24) is 19.8 Å². The fraction of sp³-hybridized carbons (Fsp3) is 0.629. The summed E-state index contributed by atoms with van der Waals surface area (Å²) in [4.78, 5) is 53.6. The first-order valence-corrected chi connectivity index (χ1v) is 23.0. The third-order valence-corrected chi connectivity index (χ3v) is 12.9. The Bertz CT molecular complexity index is 2180. The van der Waals surface area contributed by atoms with Gasteiger partial charge in [0, 0.05) is 50.7 Å². The number of aromatic amines is 1. The van der Waals surface area contributed by atoms with E-state index in [0.29, 0.717) is 51.9 Å². The number of amides is 2. The largest absolute Gasteiger partial charge is 0.476 e. The van der Waals surface area contributed by atoms with Crippen molar-refractivity contribution < 1.29 is 80.4 Å². The van der Waals surface area contributed by atoms with Crippen LogP contribution >= 0.6 is 0 Å². The van der Waals surface area contributed by atoms with Crippen molar-refractivity contribution in [2.24, 2.45) is 11.8 Å². The number of ether oxygens (including phenoxy) is 3. The first-order valence-electron chi connectivity index (χ1n) is 18.3. The molecule has 18 nitrogen and oxygen atoms in total. The normalized spacial score (nSPS) is 16.1. The Kier molecular flexibility index (Phi) is 18.1. The predicted molar refractivity (Wildman–Crippen MR) is 206 cm³/mol. The predicted octanol–water partition coefficient (Wildman–Crippen LogP) is 4.86.